The monoisotopic (exact) mass is 379 g/mol. The van der Waals surface area contributed by atoms with Crippen molar-refractivity contribution in [2.75, 3.05) is 5.32 Å². The van der Waals surface area contributed by atoms with E-state index >= 15 is 0 Å². The largest absolute Gasteiger partial charge is 0.416 e. The van der Waals surface area contributed by atoms with Crippen molar-refractivity contribution in [3.05, 3.63) is 65.8 Å². The number of hydrogen-bond donors (Lipinski definition) is 1. The van der Waals surface area contributed by atoms with Gasteiger partial charge in [-0.2, -0.15) is 18.2 Å². The minimum absolute atomic E-state index is 0.00869. The molecule has 3 aromatic rings. The van der Waals surface area contributed by atoms with E-state index in [9.17, 15) is 22.4 Å². The van der Waals surface area contributed by atoms with E-state index in [0.29, 0.717) is 0 Å². The maximum absolute atomic E-state index is 13.5. The van der Waals surface area contributed by atoms with E-state index in [1.165, 1.54) is 30.3 Å². The Labute approximate surface area is 151 Å². The van der Waals surface area contributed by atoms with E-state index in [-0.39, 0.29) is 35.8 Å². The summed E-state index contributed by atoms with van der Waals surface area (Å²) in [6.07, 6.45) is -4.47. The first-order chi connectivity index (χ1) is 12.8. The average molecular weight is 379 g/mol. The summed E-state index contributed by atoms with van der Waals surface area (Å²) in [5, 5.41) is 6.05. The number of hydrogen-bond acceptors (Lipinski definition) is 4. The SMILES string of the molecule is O=C(CCc1nc(-c2cccc(C(F)(F)F)c2)no1)Nc1ccccc1F. The van der Waals surface area contributed by atoms with Crippen molar-refractivity contribution >= 4 is 11.6 Å². The molecule has 0 saturated heterocycles. The number of nitrogens with zero attached hydrogens (tertiary/aromatic N) is 2. The van der Waals surface area contributed by atoms with Gasteiger partial charge >= 0.3 is 6.18 Å². The molecule has 0 fully saturated rings. The molecule has 0 bridgehead atoms. The minimum atomic E-state index is -4.48. The third-order valence-electron chi connectivity index (χ3n) is 3.63. The lowest BCUT2D eigenvalue weighted by Crippen LogP contribution is -2.13. The summed E-state index contributed by atoms with van der Waals surface area (Å²) in [4.78, 5) is 15.9. The molecule has 0 aliphatic rings. The summed E-state index contributed by atoms with van der Waals surface area (Å²) >= 11 is 0. The molecule has 0 atom stereocenters. The van der Waals surface area contributed by atoms with Gasteiger partial charge in [-0.05, 0) is 24.3 Å². The number of anilines is 1. The van der Waals surface area contributed by atoms with Gasteiger partial charge in [0.25, 0.3) is 0 Å². The third-order valence-corrected chi connectivity index (χ3v) is 3.63. The maximum atomic E-state index is 13.5. The summed E-state index contributed by atoms with van der Waals surface area (Å²) in [6.45, 7) is 0. The average Bonchev–Trinajstić information content (AvgIpc) is 3.10. The molecule has 140 valence electrons. The Bertz CT molecular complexity index is 954. The Hall–Kier alpha value is -3.23. The standard InChI is InChI=1S/C18H13F4N3O2/c19-13-6-1-2-7-14(13)23-15(26)8-9-16-24-17(25-27-16)11-4-3-5-12(10-11)18(20,21)22/h1-7,10H,8-9H2,(H,23,26). The van der Waals surface area contributed by atoms with Crippen LogP contribution in [0.1, 0.15) is 17.9 Å². The van der Waals surface area contributed by atoms with Gasteiger partial charge in [-0.3, -0.25) is 4.79 Å². The first-order valence-electron chi connectivity index (χ1n) is 7.87. The molecule has 0 aliphatic heterocycles. The number of halogens is 4. The van der Waals surface area contributed by atoms with Crippen LogP contribution in [0, 0.1) is 5.82 Å². The second-order valence-electron chi connectivity index (χ2n) is 5.62. The van der Waals surface area contributed by atoms with E-state index in [4.69, 9.17) is 4.52 Å². The highest BCUT2D eigenvalue weighted by Gasteiger charge is 2.30. The first kappa shape index (κ1) is 18.6. The van der Waals surface area contributed by atoms with Gasteiger partial charge in [0.1, 0.15) is 5.82 Å². The summed E-state index contributed by atoms with van der Waals surface area (Å²) in [7, 11) is 0. The molecular weight excluding hydrogens is 366 g/mol. The predicted octanol–water partition coefficient (Wildman–Crippen LogP) is 4.47. The molecule has 3 rings (SSSR count). The molecule has 1 heterocycles. The number of carbonyl (C=O) groups is 1. The highest BCUT2D eigenvalue weighted by molar-refractivity contribution is 5.90. The lowest BCUT2D eigenvalue weighted by Gasteiger charge is -2.06. The van der Waals surface area contributed by atoms with E-state index in [1.807, 2.05) is 0 Å². The van der Waals surface area contributed by atoms with Crippen LogP contribution in [-0.4, -0.2) is 16.0 Å². The van der Waals surface area contributed by atoms with Gasteiger partial charge < -0.3 is 9.84 Å². The fourth-order valence-electron chi connectivity index (χ4n) is 2.30. The zero-order valence-corrected chi connectivity index (χ0v) is 13.8. The van der Waals surface area contributed by atoms with Crippen LogP contribution in [0.4, 0.5) is 23.2 Å². The Morgan fingerprint density at radius 1 is 1.11 bits per heavy atom. The number of aromatic nitrogens is 2. The van der Waals surface area contributed by atoms with Gasteiger partial charge in [0.15, 0.2) is 0 Å². The van der Waals surface area contributed by atoms with E-state index < -0.39 is 23.5 Å². The summed E-state index contributed by atoms with van der Waals surface area (Å²) in [6, 6.07) is 10.2. The predicted molar refractivity (Wildman–Crippen MR) is 88.1 cm³/mol. The van der Waals surface area contributed by atoms with Crippen LogP contribution in [0.15, 0.2) is 53.1 Å². The van der Waals surface area contributed by atoms with Crippen LogP contribution in [0.3, 0.4) is 0 Å². The number of nitrogens with one attached hydrogen (secondary N) is 1. The maximum Gasteiger partial charge on any atom is 0.416 e. The molecule has 1 amide bonds. The van der Waals surface area contributed by atoms with Gasteiger partial charge in [0.2, 0.25) is 17.6 Å². The second kappa shape index (κ2) is 7.56. The Kier molecular flexibility index (Phi) is 5.20. The molecule has 0 unspecified atom stereocenters. The van der Waals surface area contributed by atoms with Gasteiger partial charge in [-0.1, -0.05) is 29.4 Å². The number of carbonyl (C=O) groups excluding carboxylic acids is 1. The van der Waals surface area contributed by atoms with Crippen molar-refractivity contribution in [1.29, 1.82) is 0 Å². The van der Waals surface area contributed by atoms with Crippen LogP contribution >= 0.6 is 0 Å². The summed E-state index contributed by atoms with van der Waals surface area (Å²) < 4.78 is 56.8. The molecular formula is C18H13F4N3O2. The normalized spacial score (nSPS) is 11.4. The lowest BCUT2D eigenvalue weighted by atomic mass is 10.1. The highest BCUT2D eigenvalue weighted by atomic mass is 19.4. The molecule has 0 radical (unpaired) electrons. The minimum Gasteiger partial charge on any atom is -0.339 e. The zero-order chi connectivity index (χ0) is 19.4. The van der Waals surface area contributed by atoms with Crippen LogP contribution in [-0.2, 0) is 17.4 Å². The summed E-state index contributed by atoms with van der Waals surface area (Å²) in [5.41, 5.74) is -0.621. The smallest absolute Gasteiger partial charge is 0.339 e. The number of para-hydroxylation sites is 1. The van der Waals surface area contributed by atoms with Gasteiger partial charge in [0.05, 0.1) is 11.3 Å². The van der Waals surface area contributed by atoms with Gasteiger partial charge in [-0.15, -0.1) is 0 Å². The van der Waals surface area contributed by atoms with Crippen LogP contribution < -0.4 is 5.32 Å². The van der Waals surface area contributed by atoms with Crippen LogP contribution in [0.5, 0.6) is 0 Å². The topological polar surface area (TPSA) is 68.0 Å². The van der Waals surface area contributed by atoms with Crippen molar-refractivity contribution in [3.63, 3.8) is 0 Å². The third kappa shape index (κ3) is 4.69. The second-order valence-corrected chi connectivity index (χ2v) is 5.62. The molecule has 27 heavy (non-hydrogen) atoms. The number of rotatable bonds is 5. The van der Waals surface area contributed by atoms with Crippen molar-refractivity contribution < 1.29 is 26.9 Å². The fourth-order valence-corrected chi connectivity index (χ4v) is 2.30. The van der Waals surface area contributed by atoms with Gasteiger partial charge in [-0.25, -0.2) is 4.39 Å². The Balaban J connectivity index is 1.63. The van der Waals surface area contributed by atoms with Crippen molar-refractivity contribution in [3.8, 4) is 11.4 Å². The summed E-state index contributed by atoms with van der Waals surface area (Å²) in [5.74, 6) is -0.939. The highest BCUT2D eigenvalue weighted by Crippen LogP contribution is 2.31. The first-order valence-corrected chi connectivity index (χ1v) is 7.87. The van der Waals surface area contributed by atoms with Crippen molar-refractivity contribution in [1.82, 2.24) is 10.1 Å². The van der Waals surface area contributed by atoms with Crippen LogP contribution in [0.2, 0.25) is 0 Å². The molecule has 9 heteroatoms. The van der Waals surface area contributed by atoms with Gasteiger partial charge in [0, 0.05) is 18.4 Å². The molecule has 5 nitrogen and oxygen atoms in total. The fraction of sp³-hybridized carbons (Fsp3) is 0.167. The number of amides is 1. The number of alkyl halides is 3. The zero-order valence-electron chi connectivity index (χ0n) is 13.8. The van der Waals surface area contributed by atoms with Crippen LogP contribution in [0.25, 0.3) is 11.4 Å². The van der Waals surface area contributed by atoms with Crippen molar-refractivity contribution in [2.45, 2.75) is 19.0 Å². The molecule has 0 aliphatic carbocycles. The Morgan fingerprint density at radius 2 is 1.89 bits per heavy atom. The van der Waals surface area contributed by atoms with Crippen molar-refractivity contribution in [2.24, 2.45) is 0 Å². The number of benzene rings is 2. The molecule has 0 saturated carbocycles. The lowest BCUT2D eigenvalue weighted by molar-refractivity contribution is -0.137. The van der Waals surface area contributed by atoms with E-state index in [0.717, 1.165) is 12.1 Å². The Morgan fingerprint density at radius 3 is 2.63 bits per heavy atom. The quantitative estimate of drug-likeness (QED) is 0.665. The van der Waals surface area contributed by atoms with E-state index in [1.54, 1.807) is 6.07 Å². The molecule has 1 N–H and O–H groups in total. The molecule has 1 aromatic heterocycles. The van der Waals surface area contributed by atoms with E-state index in [2.05, 4.69) is 15.5 Å². The number of aryl methyl sites for hydroxylation is 1. The molecule has 0 spiro atoms. The molecule has 2 aromatic carbocycles.